The third-order valence-electron chi connectivity index (χ3n) is 11.7. The number of rotatable bonds is 8. The molecule has 2 heteroatoms. The minimum Gasteiger partial charge on any atom is -0.456 e. The summed E-state index contributed by atoms with van der Waals surface area (Å²) >= 11 is 0. The smallest absolute Gasteiger partial charge is 0.136 e. The molecule has 0 aliphatic rings. The zero-order valence-electron chi connectivity index (χ0n) is 32.9. The van der Waals surface area contributed by atoms with Crippen LogP contribution < -0.4 is 4.90 Å². The van der Waals surface area contributed by atoms with Crippen LogP contribution in [0.3, 0.4) is 0 Å². The van der Waals surface area contributed by atoms with E-state index in [-0.39, 0.29) is 0 Å². The summed E-state index contributed by atoms with van der Waals surface area (Å²) in [6.07, 6.45) is 0. The van der Waals surface area contributed by atoms with Crippen LogP contribution in [0.1, 0.15) is 0 Å². The summed E-state index contributed by atoms with van der Waals surface area (Å²) < 4.78 is 6.25. The molecule has 282 valence electrons. The molecule has 0 spiro atoms. The average molecular weight is 766 g/mol. The Bertz CT molecular complexity index is 3280. The molecule has 0 saturated carbocycles. The van der Waals surface area contributed by atoms with Crippen LogP contribution in [0.4, 0.5) is 17.1 Å². The molecule has 0 atom stereocenters. The highest BCUT2D eigenvalue weighted by atomic mass is 16.3. The van der Waals surface area contributed by atoms with E-state index in [0.29, 0.717) is 0 Å². The van der Waals surface area contributed by atoms with Gasteiger partial charge in [0.25, 0.3) is 0 Å². The van der Waals surface area contributed by atoms with Gasteiger partial charge < -0.3 is 9.32 Å². The van der Waals surface area contributed by atoms with Gasteiger partial charge in [-0.25, -0.2) is 0 Å². The Kier molecular flexibility index (Phi) is 8.87. The Morgan fingerprint density at radius 3 is 1.45 bits per heavy atom. The highest BCUT2D eigenvalue weighted by Crippen LogP contribution is 2.40. The van der Waals surface area contributed by atoms with Crippen molar-refractivity contribution in [2.75, 3.05) is 4.90 Å². The summed E-state index contributed by atoms with van der Waals surface area (Å²) in [6, 6.07) is 84.9. The maximum atomic E-state index is 6.25. The van der Waals surface area contributed by atoms with E-state index in [1.165, 1.54) is 49.7 Å². The first-order valence-corrected chi connectivity index (χ1v) is 20.5. The van der Waals surface area contributed by atoms with Gasteiger partial charge in [-0.2, -0.15) is 0 Å². The Hall–Kier alpha value is -7.94. The maximum Gasteiger partial charge on any atom is 0.136 e. The van der Waals surface area contributed by atoms with Gasteiger partial charge in [-0.05, 0) is 127 Å². The number of para-hydroxylation sites is 1. The molecule has 11 aromatic rings. The van der Waals surface area contributed by atoms with Gasteiger partial charge in [-0.1, -0.05) is 176 Å². The van der Waals surface area contributed by atoms with E-state index in [1.807, 2.05) is 12.1 Å². The monoisotopic (exact) mass is 765 g/mol. The Balaban J connectivity index is 0.964. The molecule has 0 aliphatic heterocycles. The van der Waals surface area contributed by atoms with E-state index >= 15 is 0 Å². The van der Waals surface area contributed by atoms with Crippen LogP contribution >= 0.6 is 0 Å². The van der Waals surface area contributed by atoms with Crippen molar-refractivity contribution in [2.24, 2.45) is 0 Å². The van der Waals surface area contributed by atoms with Crippen LogP contribution in [0.25, 0.3) is 88.3 Å². The second-order valence-corrected chi connectivity index (χ2v) is 15.3. The molecule has 0 aliphatic carbocycles. The van der Waals surface area contributed by atoms with Crippen molar-refractivity contribution in [3.8, 4) is 55.6 Å². The molecular weight excluding hydrogens is 727 g/mol. The van der Waals surface area contributed by atoms with E-state index in [4.69, 9.17) is 4.42 Å². The van der Waals surface area contributed by atoms with Crippen molar-refractivity contribution in [1.29, 1.82) is 0 Å². The van der Waals surface area contributed by atoms with Crippen molar-refractivity contribution >= 4 is 49.8 Å². The number of anilines is 3. The molecule has 0 unspecified atom stereocenters. The Morgan fingerprint density at radius 2 is 0.717 bits per heavy atom. The lowest BCUT2D eigenvalue weighted by molar-refractivity contribution is 0.669. The zero-order chi connectivity index (χ0) is 39.8. The van der Waals surface area contributed by atoms with E-state index in [0.717, 1.165) is 55.7 Å². The fourth-order valence-corrected chi connectivity index (χ4v) is 8.61. The lowest BCUT2D eigenvalue weighted by Crippen LogP contribution is -2.10. The molecule has 1 aromatic heterocycles. The van der Waals surface area contributed by atoms with E-state index in [9.17, 15) is 0 Å². The molecule has 1 heterocycles. The van der Waals surface area contributed by atoms with Gasteiger partial charge in [-0.15, -0.1) is 0 Å². The van der Waals surface area contributed by atoms with Crippen LogP contribution in [0.15, 0.2) is 241 Å². The molecule has 10 aromatic carbocycles. The lowest BCUT2D eigenvalue weighted by Gasteiger charge is -2.26. The first-order valence-electron chi connectivity index (χ1n) is 20.5. The van der Waals surface area contributed by atoms with Crippen molar-refractivity contribution < 1.29 is 4.42 Å². The first kappa shape index (κ1) is 35.2. The largest absolute Gasteiger partial charge is 0.456 e. The molecule has 0 fully saturated rings. The van der Waals surface area contributed by atoms with Gasteiger partial charge in [0.1, 0.15) is 11.2 Å². The number of nitrogens with zero attached hydrogens (tertiary/aromatic N) is 1. The third kappa shape index (κ3) is 6.61. The normalized spacial score (nSPS) is 11.3. The second-order valence-electron chi connectivity index (χ2n) is 15.3. The summed E-state index contributed by atoms with van der Waals surface area (Å²) in [6.45, 7) is 0. The topological polar surface area (TPSA) is 16.4 Å². The van der Waals surface area contributed by atoms with Crippen LogP contribution in [0, 0.1) is 0 Å². The Labute approximate surface area is 349 Å². The molecule has 0 saturated heterocycles. The summed E-state index contributed by atoms with van der Waals surface area (Å²) in [5.74, 6) is 0. The summed E-state index contributed by atoms with van der Waals surface area (Å²) in [4.78, 5) is 2.35. The Morgan fingerprint density at radius 1 is 0.250 bits per heavy atom. The van der Waals surface area contributed by atoms with Crippen molar-refractivity contribution in [2.45, 2.75) is 0 Å². The molecule has 0 N–H and O–H groups in total. The minimum atomic E-state index is 0.899. The molecule has 0 radical (unpaired) electrons. The summed E-state index contributed by atoms with van der Waals surface area (Å²) in [5.41, 5.74) is 16.9. The van der Waals surface area contributed by atoms with Crippen LogP contribution in [0.2, 0.25) is 0 Å². The lowest BCUT2D eigenvalue weighted by atomic mass is 9.95. The van der Waals surface area contributed by atoms with Crippen molar-refractivity contribution in [3.05, 3.63) is 237 Å². The number of hydrogen-bond acceptors (Lipinski definition) is 2. The molecule has 60 heavy (non-hydrogen) atoms. The fraction of sp³-hybridized carbons (Fsp3) is 0. The van der Waals surface area contributed by atoms with Crippen LogP contribution in [0.5, 0.6) is 0 Å². The second kappa shape index (κ2) is 15.1. The molecule has 0 bridgehead atoms. The predicted molar refractivity (Wildman–Crippen MR) is 253 cm³/mol. The molecular formula is C58H39NO. The third-order valence-corrected chi connectivity index (χ3v) is 11.7. The number of hydrogen-bond donors (Lipinski definition) is 0. The quantitative estimate of drug-likeness (QED) is 0.153. The van der Waals surface area contributed by atoms with E-state index < -0.39 is 0 Å². The first-order chi connectivity index (χ1) is 29.7. The molecule has 0 amide bonds. The predicted octanol–water partition coefficient (Wildman–Crippen LogP) is 16.5. The SMILES string of the molecule is c1ccc(-c2ccc(-c3ccc(N(c4ccc(-c5ccc6c(c5)oc5ccccc56)cc4)c4cccc(-c5cccc(-c6cccc7ccccc67)c5)c4)cc3)cc2)cc1. The highest BCUT2D eigenvalue weighted by molar-refractivity contribution is 6.06. The number of benzene rings is 10. The van der Waals surface area contributed by atoms with Crippen LogP contribution in [-0.4, -0.2) is 0 Å². The summed E-state index contributed by atoms with van der Waals surface area (Å²) in [7, 11) is 0. The van der Waals surface area contributed by atoms with Gasteiger partial charge in [0.2, 0.25) is 0 Å². The van der Waals surface area contributed by atoms with Gasteiger partial charge in [0.05, 0.1) is 0 Å². The molecule has 11 rings (SSSR count). The number of fused-ring (bicyclic) bond motifs is 4. The standard InChI is InChI=1S/C58H39NO/c1-2-11-40(12-3-1)41-23-25-42(26-24-41)43-27-32-50(33-28-43)59(51-34-29-44(30-35-51)48-31-36-56-55-20-6-7-22-57(55)60-58(56)39-48)52-18-9-16-47(38-52)46-15-8-17-49(37-46)54-21-10-14-45-13-4-5-19-53(45)54/h1-39H. The van der Waals surface area contributed by atoms with Crippen LogP contribution in [-0.2, 0) is 0 Å². The average Bonchev–Trinajstić information content (AvgIpc) is 3.70. The van der Waals surface area contributed by atoms with Gasteiger partial charge in [-0.3, -0.25) is 0 Å². The van der Waals surface area contributed by atoms with Gasteiger partial charge in [0.15, 0.2) is 0 Å². The van der Waals surface area contributed by atoms with E-state index in [2.05, 4.69) is 229 Å². The zero-order valence-corrected chi connectivity index (χ0v) is 32.9. The van der Waals surface area contributed by atoms with Crippen molar-refractivity contribution in [3.63, 3.8) is 0 Å². The van der Waals surface area contributed by atoms with Gasteiger partial charge in [0, 0.05) is 27.8 Å². The van der Waals surface area contributed by atoms with Crippen molar-refractivity contribution in [1.82, 2.24) is 0 Å². The molecule has 2 nitrogen and oxygen atoms in total. The maximum absolute atomic E-state index is 6.25. The van der Waals surface area contributed by atoms with E-state index in [1.54, 1.807) is 0 Å². The van der Waals surface area contributed by atoms with Gasteiger partial charge >= 0.3 is 0 Å². The fourth-order valence-electron chi connectivity index (χ4n) is 8.61. The highest BCUT2D eigenvalue weighted by Gasteiger charge is 2.16. The number of furan rings is 1. The summed E-state index contributed by atoms with van der Waals surface area (Å²) in [5, 5.41) is 4.78. The minimum absolute atomic E-state index is 0.899.